The highest BCUT2D eigenvalue weighted by Crippen LogP contribution is 2.26. The van der Waals surface area contributed by atoms with E-state index < -0.39 is 0 Å². The van der Waals surface area contributed by atoms with Gasteiger partial charge in [0.2, 0.25) is 5.91 Å². The monoisotopic (exact) mass is 283 g/mol. The average molecular weight is 283 g/mol. The molecule has 110 valence electrons. The fourth-order valence-corrected chi connectivity index (χ4v) is 3.18. The Balaban J connectivity index is 1.85. The topological polar surface area (TPSA) is 40.5 Å². The minimum Gasteiger partial charge on any atom is -0.394 e. The van der Waals surface area contributed by atoms with Gasteiger partial charge in [0.1, 0.15) is 0 Å². The third-order valence-electron chi connectivity index (χ3n) is 4.51. The van der Waals surface area contributed by atoms with Crippen LogP contribution < -0.4 is 0 Å². The number of fused-ring (bicyclic) bond motifs is 1. The largest absolute Gasteiger partial charge is 0.394 e. The number of hydrogen-bond acceptors (Lipinski definition) is 2. The second-order valence-electron chi connectivity index (χ2n) is 5.84. The number of likely N-dealkylation sites (tertiary alicyclic amines) is 1. The number of aliphatic hydroxyl groups is 1. The van der Waals surface area contributed by atoms with Crippen molar-refractivity contribution in [2.75, 3.05) is 13.2 Å². The van der Waals surface area contributed by atoms with Crippen LogP contribution in [0.3, 0.4) is 0 Å². The Morgan fingerprint density at radius 1 is 1.29 bits per heavy atom. The zero-order valence-electron chi connectivity index (χ0n) is 12.3. The molecule has 2 aromatic carbocycles. The molecular formula is C18H21NO2. The van der Waals surface area contributed by atoms with Crippen molar-refractivity contribution >= 4 is 16.7 Å². The summed E-state index contributed by atoms with van der Waals surface area (Å²) in [4.78, 5) is 14.5. The van der Waals surface area contributed by atoms with E-state index in [0.29, 0.717) is 0 Å². The summed E-state index contributed by atoms with van der Waals surface area (Å²) in [5.41, 5.74) is 1.04. The summed E-state index contributed by atoms with van der Waals surface area (Å²) < 4.78 is 0. The summed E-state index contributed by atoms with van der Waals surface area (Å²) in [6.45, 7) is 2.79. The first kappa shape index (κ1) is 14.1. The molecule has 0 aliphatic carbocycles. The maximum Gasteiger partial charge on any atom is 0.230 e. The van der Waals surface area contributed by atoms with Crippen LogP contribution >= 0.6 is 0 Å². The van der Waals surface area contributed by atoms with Crippen molar-refractivity contribution in [3.05, 3.63) is 48.0 Å². The average Bonchev–Trinajstić information content (AvgIpc) is 3.01. The highest BCUT2D eigenvalue weighted by molar-refractivity contribution is 5.88. The van der Waals surface area contributed by atoms with Crippen LogP contribution in [0, 0.1) is 0 Å². The molecule has 0 spiro atoms. The Kier molecular flexibility index (Phi) is 3.93. The second-order valence-corrected chi connectivity index (χ2v) is 5.84. The Bertz CT molecular complexity index is 652. The maximum absolute atomic E-state index is 12.7. The lowest BCUT2D eigenvalue weighted by Crippen LogP contribution is -2.39. The molecule has 2 aromatic rings. The van der Waals surface area contributed by atoms with Gasteiger partial charge in [0.25, 0.3) is 0 Å². The molecule has 2 atom stereocenters. The van der Waals surface area contributed by atoms with Gasteiger partial charge >= 0.3 is 0 Å². The molecule has 1 heterocycles. The molecule has 0 radical (unpaired) electrons. The van der Waals surface area contributed by atoms with E-state index >= 15 is 0 Å². The van der Waals surface area contributed by atoms with Crippen LogP contribution in [-0.2, 0) is 4.79 Å². The van der Waals surface area contributed by atoms with Gasteiger partial charge in [-0.05, 0) is 36.1 Å². The van der Waals surface area contributed by atoms with Crippen molar-refractivity contribution in [1.29, 1.82) is 0 Å². The first-order chi connectivity index (χ1) is 10.2. The highest BCUT2D eigenvalue weighted by Gasteiger charge is 2.31. The highest BCUT2D eigenvalue weighted by atomic mass is 16.3. The van der Waals surface area contributed by atoms with Gasteiger partial charge in [-0.1, -0.05) is 42.5 Å². The number of benzene rings is 2. The van der Waals surface area contributed by atoms with E-state index in [-0.39, 0.29) is 24.5 Å². The normalized spacial score (nSPS) is 19.9. The molecule has 3 nitrogen and oxygen atoms in total. The van der Waals surface area contributed by atoms with Crippen LogP contribution in [0.1, 0.15) is 31.2 Å². The molecule has 1 aliphatic rings. The van der Waals surface area contributed by atoms with Crippen LogP contribution in [0.4, 0.5) is 0 Å². The van der Waals surface area contributed by atoms with Gasteiger partial charge in [-0.2, -0.15) is 0 Å². The number of rotatable bonds is 3. The number of aliphatic hydroxyl groups excluding tert-OH is 1. The van der Waals surface area contributed by atoms with Crippen molar-refractivity contribution in [1.82, 2.24) is 4.90 Å². The van der Waals surface area contributed by atoms with Crippen LogP contribution in [0.25, 0.3) is 10.8 Å². The van der Waals surface area contributed by atoms with Gasteiger partial charge < -0.3 is 10.0 Å². The number of nitrogens with zero attached hydrogens (tertiary/aromatic N) is 1. The molecule has 3 rings (SSSR count). The Morgan fingerprint density at radius 3 is 2.81 bits per heavy atom. The quantitative estimate of drug-likeness (QED) is 0.941. The van der Waals surface area contributed by atoms with E-state index in [4.69, 9.17) is 0 Å². The number of carbonyl (C=O) groups is 1. The van der Waals surface area contributed by atoms with E-state index in [9.17, 15) is 9.90 Å². The van der Waals surface area contributed by atoms with Gasteiger partial charge in [0, 0.05) is 6.54 Å². The predicted molar refractivity (Wildman–Crippen MR) is 84.2 cm³/mol. The van der Waals surface area contributed by atoms with Crippen molar-refractivity contribution in [2.24, 2.45) is 0 Å². The molecule has 3 heteroatoms. The van der Waals surface area contributed by atoms with Crippen LogP contribution in [0.15, 0.2) is 42.5 Å². The first-order valence-electron chi connectivity index (χ1n) is 7.60. The van der Waals surface area contributed by atoms with Crippen molar-refractivity contribution in [3.63, 3.8) is 0 Å². The molecule has 0 aromatic heterocycles. The Hall–Kier alpha value is -1.87. The number of carbonyl (C=O) groups excluding carboxylic acids is 1. The lowest BCUT2D eigenvalue weighted by Gasteiger charge is -2.26. The third kappa shape index (κ3) is 2.66. The molecule has 1 aliphatic heterocycles. The van der Waals surface area contributed by atoms with Crippen molar-refractivity contribution in [2.45, 2.75) is 31.7 Å². The molecule has 0 saturated carbocycles. The zero-order chi connectivity index (χ0) is 14.8. The molecule has 0 bridgehead atoms. The molecule has 1 saturated heterocycles. The fraction of sp³-hybridized carbons (Fsp3) is 0.389. The van der Waals surface area contributed by atoms with E-state index in [1.807, 2.05) is 30.0 Å². The standard InChI is InChI=1S/C18H21NO2/c1-13(18(21)19-10-4-7-17(19)12-20)15-9-8-14-5-2-3-6-16(14)11-15/h2-3,5-6,8-9,11,13,17,20H,4,7,10,12H2,1H3/t13?,17-/m1/s1. The van der Waals surface area contributed by atoms with Crippen molar-refractivity contribution in [3.8, 4) is 0 Å². The van der Waals surface area contributed by atoms with E-state index in [0.717, 1.165) is 30.3 Å². The smallest absolute Gasteiger partial charge is 0.230 e. The zero-order valence-corrected chi connectivity index (χ0v) is 12.3. The van der Waals surface area contributed by atoms with E-state index in [1.165, 1.54) is 5.39 Å². The first-order valence-corrected chi connectivity index (χ1v) is 7.60. The number of amides is 1. The molecule has 21 heavy (non-hydrogen) atoms. The van der Waals surface area contributed by atoms with E-state index in [1.54, 1.807) is 0 Å². The van der Waals surface area contributed by atoms with Crippen LogP contribution in [-0.4, -0.2) is 35.1 Å². The third-order valence-corrected chi connectivity index (χ3v) is 4.51. The van der Waals surface area contributed by atoms with Gasteiger partial charge in [0.15, 0.2) is 0 Å². The van der Waals surface area contributed by atoms with Gasteiger partial charge in [0.05, 0.1) is 18.6 Å². The predicted octanol–water partition coefficient (Wildman–Crippen LogP) is 2.93. The fourth-order valence-electron chi connectivity index (χ4n) is 3.18. The molecule has 1 N–H and O–H groups in total. The molecule has 1 fully saturated rings. The Morgan fingerprint density at radius 2 is 2.05 bits per heavy atom. The summed E-state index contributed by atoms with van der Waals surface area (Å²) >= 11 is 0. The molecule has 1 unspecified atom stereocenters. The van der Waals surface area contributed by atoms with Crippen molar-refractivity contribution < 1.29 is 9.90 Å². The van der Waals surface area contributed by atoms with Crippen LogP contribution in [0.5, 0.6) is 0 Å². The van der Waals surface area contributed by atoms with Crippen LogP contribution in [0.2, 0.25) is 0 Å². The van der Waals surface area contributed by atoms with Gasteiger partial charge in [-0.25, -0.2) is 0 Å². The summed E-state index contributed by atoms with van der Waals surface area (Å²) in [6.07, 6.45) is 1.90. The molecular weight excluding hydrogens is 262 g/mol. The number of hydrogen-bond donors (Lipinski definition) is 1. The lowest BCUT2D eigenvalue weighted by atomic mass is 9.96. The summed E-state index contributed by atoms with van der Waals surface area (Å²) in [7, 11) is 0. The lowest BCUT2D eigenvalue weighted by molar-refractivity contribution is -0.133. The Labute approximate surface area is 125 Å². The van der Waals surface area contributed by atoms with Gasteiger partial charge in [-0.3, -0.25) is 4.79 Å². The second kappa shape index (κ2) is 5.86. The van der Waals surface area contributed by atoms with Gasteiger partial charge in [-0.15, -0.1) is 0 Å². The summed E-state index contributed by atoms with van der Waals surface area (Å²) in [6, 6.07) is 14.4. The minimum atomic E-state index is -0.165. The summed E-state index contributed by atoms with van der Waals surface area (Å²) in [5, 5.41) is 11.7. The molecule has 1 amide bonds. The summed E-state index contributed by atoms with van der Waals surface area (Å²) in [5.74, 6) is -0.0383. The maximum atomic E-state index is 12.7. The SMILES string of the molecule is CC(C(=O)N1CCC[C@@H]1CO)c1ccc2ccccc2c1. The van der Waals surface area contributed by atoms with E-state index in [2.05, 4.69) is 24.3 Å². The minimum absolute atomic E-state index is 0.000376.